The van der Waals surface area contributed by atoms with E-state index in [2.05, 4.69) is 4.98 Å². The van der Waals surface area contributed by atoms with E-state index in [0.29, 0.717) is 18.9 Å². The number of ether oxygens (including phenoxy) is 1. The molecule has 0 radical (unpaired) electrons. The first kappa shape index (κ1) is 19.5. The zero-order chi connectivity index (χ0) is 20.1. The second-order valence-electron chi connectivity index (χ2n) is 6.07. The van der Waals surface area contributed by atoms with Gasteiger partial charge >= 0.3 is 0 Å². The molecule has 8 heteroatoms. The molecule has 144 valence electrons. The molecule has 0 unspecified atom stereocenters. The molecule has 0 aliphatic heterocycles. The Morgan fingerprint density at radius 1 is 1.29 bits per heavy atom. The van der Waals surface area contributed by atoms with Crippen LogP contribution in [0.5, 0.6) is 5.75 Å². The largest absolute Gasteiger partial charge is 0.493 e. The number of hydrogen-bond acceptors (Lipinski definition) is 6. The van der Waals surface area contributed by atoms with E-state index in [-0.39, 0.29) is 17.2 Å². The van der Waals surface area contributed by atoms with Crippen LogP contribution >= 0.6 is 11.3 Å². The molecule has 0 aliphatic rings. The Kier molecular flexibility index (Phi) is 6.00. The van der Waals surface area contributed by atoms with Crippen LogP contribution in [0, 0.1) is 10.1 Å². The van der Waals surface area contributed by atoms with Gasteiger partial charge in [0.1, 0.15) is 10.8 Å². The molecular weight excluding hydrogens is 378 g/mol. The molecule has 0 saturated heterocycles. The van der Waals surface area contributed by atoms with E-state index in [4.69, 9.17) is 4.74 Å². The Labute approximate surface area is 166 Å². The standard InChI is InChI=1S/C20H19N3O4S/c1-3-27-18-8-7-16(23(25)26)12-17(18)20(24)22(2)13-14-5-4-6-15(11-14)19-21-9-10-28-19/h4-12H,3,13H2,1-2H3. The quantitative estimate of drug-likeness (QED) is 0.436. The lowest BCUT2D eigenvalue weighted by molar-refractivity contribution is -0.384. The maximum atomic E-state index is 12.9. The van der Waals surface area contributed by atoms with Gasteiger partial charge in [-0.15, -0.1) is 11.3 Å². The monoisotopic (exact) mass is 397 g/mol. The molecule has 7 nitrogen and oxygen atoms in total. The molecule has 28 heavy (non-hydrogen) atoms. The van der Waals surface area contributed by atoms with Crippen molar-refractivity contribution in [1.82, 2.24) is 9.88 Å². The third kappa shape index (κ3) is 4.34. The van der Waals surface area contributed by atoms with Crippen LogP contribution in [-0.2, 0) is 6.54 Å². The molecule has 0 aliphatic carbocycles. The van der Waals surface area contributed by atoms with E-state index >= 15 is 0 Å². The molecule has 3 rings (SSSR count). The lowest BCUT2D eigenvalue weighted by Gasteiger charge is -2.19. The summed E-state index contributed by atoms with van der Waals surface area (Å²) in [4.78, 5) is 29.3. The normalized spacial score (nSPS) is 10.5. The summed E-state index contributed by atoms with van der Waals surface area (Å²) in [5.74, 6) is -0.00621. The molecule has 1 heterocycles. The molecule has 1 amide bonds. The average molecular weight is 397 g/mol. The molecule has 0 fully saturated rings. The van der Waals surface area contributed by atoms with Crippen LogP contribution in [0.1, 0.15) is 22.8 Å². The van der Waals surface area contributed by atoms with Crippen LogP contribution in [0.3, 0.4) is 0 Å². The first-order chi connectivity index (χ1) is 13.5. The smallest absolute Gasteiger partial charge is 0.270 e. The van der Waals surface area contributed by atoms with Crippen LogP contribution in [0.4, 0.5) is 5.69 Å². The highest BCUT2D eigenvalue weighted by Gasteiger charge is 2.21. The number of thiazole rings is 1. The van der Waals surface area contributed by atoms with Gasteiger partial charge in [-0.3, -0.25) is 14.9 Å². The SMILES string of the molecule is CCOc1ccc([N+](=O)[O-])cc1C(=O)N(C)Cc1cccc(-c2nccs2)c1. The fourth-order valence-corrected chi connectivity index (χ4v) is 3.44. The summed E-state index contributed by atoms with van der Waals surface area (Å²) in [5, 5.41) is 13.9. The second-order valence-corrected chi connectivity index (χ2v) is 6.96. The van der Waals surface area contributed by atoms with Crippen molar-refractivity contribution in [2.24, 2.45) is 0 Å². The van der Waals surface area contributed by atoms with Gasteiger partial charge in [0.05, 0.1) is 17.1 Å². The van der Waals surface area contributed by atoms with Crippen LogP contribution in [-0.4, -0.2) is 34.4 Å². The summed E-state index contributed by atoms with van der Waals surface area (Å²) in [6.07, 6.45) is 1.75. The minimum Gasteiger partial charge on any atom is -0.493 e. The second kappa shape index (κ2) is 8.62. The van der Waals surface area contributed by atoms with Crippen molar-refractivity contribution in [2.45, 2.75) is 13.5 Å². The van der Waals surface area contributed by atoms with Gasteiger partial charge in [-0.25, -0.2) is 4.98 Å². The Bertz CT molecular complexity index is 989. The predicted molar refractivity (Wildman–Crippen MR) is 108 cm³/mol. The molecule has 0 saturated carbocycles. The van der Waals surface area contributed by atoms with Crippen LogP contribution in [0.15, 0.2) is 54.0 Å². The first-order valence-corrected chi connectivity index (χ1v) is 9.53. The predicted octanol–water partition coefficient (Wildman–Crippen LogP) is 4.39. The van der Waals surface area contributed by atoms with Gasteiger partial charge in [0.15, 0.2) is 0 Å². The molecule has 0 atom stereocenters. The van der Waals surface area contributed by atoms with E-state index in [1.807, 2.05) is 29.6 Å². The number of non-ortho nitro benzene ring substituents is 1. The number of benzene rings is 2. The Balaban J connectivity index is 1.84. The number of rotatable bonds is 7. The number of aromatic nitrogens is 1. The summed E-state index contributed by atoms with van der Waals surface area (Å²) < 4.78 is 5.48. The van der Waals surface area contributed by atoms with Crippen molar-refractivity contribution in [2.75, 3.05) is 13.7 Å². The molecule has 0 spiro atoms. The summed E-state index contributed by atoms with van der Waals surface area (Å²) in [6.45, 7) is 2.51. The van der Waals surface area contributed by atoms with Crippen molar-refractivity contribution in [1.29, 1.82) is 0 Å². The van der Waals surface area contributed by atoms with Crippen molar-refractivity contribution in [3.63, 3.8) is 0 Å². The van der Waals surface area contributed by atoms with Gasteiger partial charge in [-0.05, 0) is 24.6 Å². The number of nitro groups is 1. The highest BCUT2D eigenvalue weighted by Crippen LogP contribution is 2.27. The van der Waals surface area contributed by atoms with E-state index < -0.39 is 4.92 Å². The minimum absolute atomic E-state index is 0.147. The molecule has 1 aromatic heterocycles. The van der Waals surface area contributed by atoms with Gasteiger partial charge in [-0.1, -0.05) is 18.2 Å². The van der Waals surface area contributed by atoms with Crippen LogP contribution < -0.4 is 4.74 Å². The fraction of sp³-hybridized carbons (Fsp3) is 0.200. The first-order valence-electron chi connectivity index (χ1n) is 8.65. The van der Waals surface area contributed by atoms with Crippen LogP contribution in [0.25, 0.3) is 10.6 Å². The summed E-state index contributed by atoms with van der Waals surface area (Å²) in [5.41, 5.74) is 1.95. The molecule has 3 aromatic rings. The van der Waals surface area contributed by atoms with Crippen molar-refractivity contribution in [3.8, 4) is 16.3 Å². The number of amides is 1. The number of nitro benzene ring substituents is 1. The summed E-state index contributed by atoms with van der Waals surface area (Å²) in [6, 6.07) is 11.9. The van der Waals surface area contributed by atoms with Crippen molar-refractivity contribution in [3.05, 3.63) is 75.3 Å². The molecule has 0 bridgehead atoms. The summed E-state index contributed by atoms with van der Waals surface area (Å²) >= 11 is 1.55. The number of hydrogen-bond donors (Lipinski definition) is 0. The lowest BCUT2D eigenvalue weighted by atomic mass is 10.1. The Morgan fingerprint density at radius 2 is 2.11 bits per heavy atom. The highest BCUT2D eigenvalue weighted by molar-refractivity contribution is 7.13. The maximum Gasteiger partial charge on any atom is 0.270 e. The zero-order valence-corrected chi connectivity index (χ0v) is 16.3. The van der Waals surface area contributed by atoms with E-state index in [1.165, 1.54) is 23.1 Å². The van der Waals surface area contributed by atoms with Gasteiger partial charge in [0.2, 0.25) is 0 Å². The highest BCUT2D eigenvalue weighted by atomic mass is 32.1. The molecular formula is C20H19N3O4S. The van der Waals surface area contributed by atoms with Gasteiger partial charge in [0, 0.05) is 42.9 Å². The number of carbonyl (C=O) groups is 1. The third-order valence-corrected chi connectivity index (χ3v) is 4.90. The number of nitrogens with zero attached hydrogens (tertiary/aromatic N) is 3. The van der Waals surface area contributed by atoms with Crippen molar-refractivity contribution >= 4 is 22.9 Å². The Morgan fingerprint density at radius 3 is 2.79 bits per heavy atom. The molecule has 2 aromatic carbocycles. The Hall–Kier alpha value is -3.26. The van der Waals surface area contributed by atoms with E-state index in [9.17, 15) is 14.9 Å². The van der Waals surface area contributed by atoms with Crippen LogP contribution in [0.2, 0.25) is 0 Å². The van der Waals surface area contributed by atoms with Gasteiger partial charge < -0.3 is 9.64 Å². The lowest BCUT2D eigenvalue weighted by Crippen LogP contribution is -2.26. The third-order valence-electron chi connectivity index (χ3n) is 4.08. The van der Waals surface area contributed by atoms with E-state index in [0.717, 1.165) is 16.1 Å². The van der Waals surface area contributed by atoms with E-state index in [1.54, 1.807) is 31.5 Å². The molecule has 0 N–H and O–H groups in total. The topological polar surface area (TPSA) is 85.6 Å². The zero-order valence-electron chi connectivity index (χ0n) is 15.5. The summed E-state index contributed by atoms with van der Waals surface area (Å²) in [7, 11) is 1.66. The number of carbonyl (C=O) groups excluding carboxylic acids is 1. The van der Waals surface area contributed by atoms with Gasteiger partial charge in [0.25, 0.3) is 11.6 Å². The van der Waals surface area contributed by atoms with Crippen molar-refractivity contribution < 1.29 is 14.5 Å². The average Bonchev–Trinajstić information content (AvgIpc) is 3.23. The maximum absolute atomic E-state index is 12.9. The fourth-order valence-electron chi connectivity index (χ4n) is 2.80. The minimum atomic E-state index is -0.524. The van der Waals surface area contributed by atoms with Gasteiger partial charge in [-0.2, -0.15) is 0 Å².